The zero-order valence-corrected chi connectivity index (χ0v) is 11.2. The fourth-order valence-corrected chi connectivity index (χ4v) is 1.70. The smallest absolute Gasteiger partial charge is 0.286 e. The molecule has 7 nitrogen and oxygen atoms in total. The third-order valence-electron chi connectivity index (χ3n) is 2.31. The number of amides is 2. The number of halogens is 1. The second-order valence-electron chi connectivity index (χ2n) is 3.56. The first kappa shape index (κ1) is 13.2. The number of nitrogens with two attached hydrogens (primary N) is 1. The standard InChI is InChI=1S/C11H10BrN5O2/c12-6-1-3-7(4-2-6)16-10(18)8-9(11(19)17-13)15-5-14-8/h1-5H,13H2,(H,14,15)(H,16,18)(H,17,19). The summed E-state index contributed by atoms with van der Waals surface area (Å²) >= 11 is 3.29. The molecule has 0 radical (unpaired) electrons. The number of imidazole rings is 1. The van der Waals surface area contributed by atoms with Gasteiger partial charge in [-0.05, 0) is 24.3 Å². The van der Waals surface area contributed by atoms with Crippen LogP contribution in [0.1, 0.15) is 21.0 Å². The van der Waals surface area contributed by atoms with E-state index in [1.165, 1.54) is 6.33 Å². The molecule has 19 heavy (non-hydrogen) atoms. The van der Waals surface area contributed by atoms with Crippen molar-refractivity contribution in [3.05, 3.63) is 46.5 Å². The van der Waals surface area contributed by atoms with Gasteiger partial charge in [-0.15, -0.1) is 0 Å². The van der Waals surface area contributed by atoms with Crippen molar-refractivity contribution in [2.75, 3.05) is 5.32 Å². The number of H-pyrrole nitrogens is 1. The predicted molar refractivity (Wildman–Crippen MR) is 72.3 cm³/mol. The Hall–Kier alpha value is -2.19. The van der Waals surface area contributed by atoms with Crippen molar-refractivity contribution >= 4 is 33.4 Å². The number of anilines is 1. The van der Waals surface area contributed by atoms with Crippen LogP contribution in [-0.4, -0.2) is 21.8 Å². The monoisotopic (exact) mass is 323 g/mol. The summed E-state index contributed by atoms with van der Waals surface area (Å²) in [5, 5.41) is 2.64. The molecule has 5 N–H and O–H groups in total. The molecule has 0 unspecified atom stereocenters. The van der Waals surface area contributed by atoms with Gasteiger partial charge >= 0.3 is 0 Å². The Morgan fingerprint density at radius 3 is 2.53 bits per heavy atom. The lowest BCUT2D eigenvalue weighted by Crippen LogP contribution is -2.32. The molecule has 0 saturated carbocycles. The van der Waals surface area contributed by atoms with E-state index in [-0.39, 0.29) is 11.4 Å². The highest BCUT2D eigenvalue weighted by Gasteiger charge is 2.19. The van der Waals surface area contributed by atoms with Gasteiger partial charge in [-0.2, -0.15) is 0 Å². The minimum Gasteiger partial charge on any atom is -0.340 e. The first-order valence-corrected chi connectivity index (χ1v) is 6.02. The Balaban J connectivity index is 2.18. The maximum absolute atomic E-state index is 12.0. The van der Waals surface area contributed by atoms with E-state index in [9.17, 15) is 9.59 Å². The van der Waals surface area contributed by atoms with Crippen LogP contribution in [0.3, 0.4) is 0 Å². The molecule has 0 fully saturated rings. The van der Waals surface area contributed by atoms with Gasteiger partial charge in [-0.3, -0.25) is 15.0 Å². The number of hydrogen-bond donors (Lipinski definition) is 4. The van der Waals surface area contributed by atoms with E-state index in [1.54, 1.807) is 24.3 Å². The molecule has 0 atom stereocenters. The van der Waals surface area contributed by atoms with Crippen LogP contribution in [0.5, 0.6) is 0 Å². The van der Waals surface area contributed by atoms with E-state index >= 15 is 0 Å². The number of carbonyl (C=O) groups is 2. The first-order chi connectivity index (χ1) is 9.11. The molecule has 98 valence electrons. The average molecular weight is 324 g/mol. The molecular formula is C11H10BrN5O2. The number of hydrogen-bond acceptors (Lipinski definition) is 4. The second kappa shape index (κ2) is 5.63. The summed E-state index contributed by atoms with van der Waals surface area (Å²) in [6.07, 6.45) is 1.25. The van der Waals surface area contributed by atoms with Crippen molar-refractivity contribution in [2.45, 2.75) is 0 Å². The van der Waals surface area contributed by atoms with Crippen LogP contribution in [0.2, 0.25) is 0 Å². The van der Waals surface area contributed by atoms with Crippen LogP contribution in [0.15, 0.2) is 35.1 Å². The summed E-state index contributed by atoms with van der Waals surface area (Å²) in [6, 6.07) is 7.02. The number of nitrogens with one attached hydrogen (secondary N) is 3. The van der Waals surface area contributed by atoms with Gasteiger partial charge in [0, 0.05) is 10.2 Å². The molecule has 0 aliphatic rings. The highest BCUT2D eigenvalue weighted by Crippen LogP contribution is 2.15. The SMILES string of the molecule is NNC(=O)c1nc[nH]c1C(=O)Nc1ccc(Br)cc1. The van der Waals surface area contributed by atoms with Crippen molar-refractivity contribution in [3.8, 4) is 0 Å². The molecule has 0 saturated heterocycles. The van der Waals surface area contributed by atoms with Gasteiger partial charge in [-0.1, -0.05) is 15.9 Å². The Morgan fingerprint density at radius 2 is 1.89 bits per heavy atom. The molecule has 0 spiro atoms. The maximum Gasteiger partial charge on any atom is 0.286 e. The van der Waals surface area contributed by atoms with Crippen LogP contribution < -0.4 is 16.6 Å². The van der Waals surface area contributed by atoms with E-state index in [0.717, 1.165) is 4.47 Å². The van der Waals surface area contributed by atoms with Crippen LogP contribution in [0.4, 0.5) is 5.69 Å². The highest BCUT2D eigenvalue weighted by molar-refractivity contribution is 9.10. The fraction of sp³-hybridized carbons (Fsp3) is 0. The van der Waals surface area contributed by atoms with Gasteiger partial charge in [0.1, 0.15) is 5.69 Å². The average Bonchev–Trinajstić information content (AvgIpc) is 2.90. The number of nitrogen functional groups attached to an aromatic ring is 1. The summed E-state index contributed by atoms with van der Waals surface area (Å²) in [5.74, 6) is 3.90. The van der Waals surface area contributed by atoms with Crippen molar-refractivity contribution in [2.24, 2.45) is 5.84 Å². The van der Waals surface area contributed by atoms with Crippen molar-refractivity contribution in [1.29, 1.82) is 0 Å². The van der Waals surface area contributed by atoms with Gasteiger partial charge in [0.2, 0.25) is 0 Å². The fourth-order valence-electron chi connectivity index (χ4n) is 1.43. The summed E-state index contributed by atoms with van der Waals surface area (Å²) in [6.45, 7) is 0. The van der Waals surface area contributed by atoms with Crippen molar-refractivity contribution in [1.82, 2.24) is 15.4 Å². The number of aromatic amines is 1. The second-order valence-corrected chi connectivity index (χ2v) is 4.48. The molecule has 2 rings (SSSR count). The number of hydrazine groups is 1. The highest BCUT2D eigenvalue weighted by atomic mass is 79.9. The Kier molecular flexibility index (Phi) is 3.93. The molecule has 8 heteroatoms. The molecular weight excluding hydrogens is 314 g/mol. The Bertz CT molecular complexity index is 608. The minimum absolute atomic E-state index is 0.0471. The van der Waals surface area contributed by atoms with Gasteiger partial charge in [-0.25, -0.2) is 10.8 Å². The summed E-state index contributed by atoms with van der Waals surface area (Å²) in [4.78, 5) is 29.7. The molecule has 0 bridgehead atoms. The van der Waals surface area contributed by atoms with Gasteiger partial charge in [0.25, 0.3) is 11.8 Å². The number of carbonyl (C=O) groups excluding carboxylic acids is 2. The Labute approximate surface area is 116 Å². The number of nitrogens with zero attached hydrogens (tertiary/aromatic N) is 1. The third kappa shape index (κ3) is 2.98. The van der Waals surface area contributed by atoms with E-state index in [1.807, 2.05) is 5.43 Å². The van der Waals surface area contributed by atoms with Crippen molar-refractivity contribution in [3.63, 3.8) is 0 Å². The van der Waals surface area contributed by atoms with Gasteiger partial charge in [0.05, 0.1) is 6.33 Å². The van der Waals surface area contributed by atoms with Crippen LogP contribution in [-0.2, 0) is 0 Å². The third-order valence-corrected chi connectivity index (χ3v) is 2.84. The summed E-state index contributed by atoms with van der Waals surface area (Å²) in [5.41, 5.74) is 2.51. The van der Waals surface area contributed by atoms with E-state index < -0.39 is 11.8 Å². The van der Waals surface area contributed by atoms with Crippen LogP contribution in [0, 0.1) is 0 Å². The normalized spacial score (nSPS) is 10.0. The predicted octanol–water partition coefficient (Wildman–Crippen LogP) is 1.03. The summed E-state index contributed by atoms with van der Waals surface area (Å²) < 4.78 is 0.898. The van der Waals surface area contributed by atoms with E-state index in [0.29, 0.717) is 5.69 Å². The number of benzene rings is 1. The molecule has 2 aromatic rings. The molecule has 1 aromatic heterocycles. The molecule has 0 aliphatic carbocycles. The largest absolute Gasteiger partial charge is 0.340 e. The Morgan fingerprint density at radius 1 is 1.21 bits per heavy atom. The van der Waals surface area contributed by atoms with E-state index in [4.69, 9.17) is 5.84 Å². The molecule has 2 amide bonds. The number of rotatable bonds is 3. The molecule has 1 heterocycles. The number of aromatic nitrogens is 2. The lowest BCUT2D eigenvalue weighted by atomic mass is 10.2. The van der Waals surface area contributed by atoms with Crippen molar-refractivity contribution < 1.29 is 9.59 Å². The molecule has 1 aromatic carbocycles. The van der Waals surface area contributed by atoms with Gasteiger partial charge < -0.3 is 10.3 Å². The zero-order valence-electron chi connectivity index (χ0n) is 9.61. The lowest BCUT2D eigenvalue weighted by Gasteiger charge is -2.05. The van der Waals surface area contributed by atoms with E-state index in [2.05, 4.69) is 31.2 Å². The van der Waals surface area contributed by atoms with Crippen LogP contribution in [0.25, 0.3) is 0 Å². The minimum atomic E-state index is -0.637. The quantitative estimate of drug-likeness (QED) is 0.384. The first-order valence-electron chi connectivity index (χ1n) is 5.23. The van der Waals surface area contributed by atoms with Crippen LogP contribution >= 0.6 is 15.9 Å². The van der Waals surface area contributed by atoms with Gasteiger partial charge in [0.15, 0.2) is 5.69 Å². The zero-order chi connectivity index (χ0) is 13.8. The maximum atomic E-state index is 12.0. The molecule has 0 aliphatic heterocycles. The lowest BCUT2D eigenvalue weighted by molar-refractivity contribution is 0.0935. The summed E-state index contributed by atoms with van der Waals surface area (Å²) in [7, 11) is 0. The topological polar surface area (TPSA) is 113 Å².